The van der Waals surface area contributed by atoms with Crippen molar-refractivity contribution in [3.8, 4) is 18.1 Å². The van der Waals surface area contributed by atoms with E-state index in [0.717, 1.165) is 10.0 Å². The highest BCUT2D eigenvalue weighted by Gasteiger charge is 2.11. The zero-order chi connectivity index (χ0) is 15.2. The number of rotatable bonds is 5. The van der Waals surface area contributed by atoms with Crippen LogP contribution in [0, 0.1) is 12.3 Å². The molecule has 21 heavy (non-hydrogen) atoms. The first kappa shape index (κ1) is 15.6. The van der Waals surface area contributed by atoms with Crippen molar-refractivity contribution < 1.29 is 14.9 Å². The molecular formula is C17H15BrO3. The van der Waals surface area contributed by atoms with E-state index >= 15 is 0 Å². The fourth-order valence-electron chi connectivity index (χ4n) is 1.99. The zero-order valence-electron chi connectivity index (χ0n) is 11.3. The number of aliphatic hydroxyl groups is 2. The van der Waals surface area contributed by atoms with Gasteiger partial charge in [0.1, 0.15) is 12.4 Å². The van der Waals surface area contributed by atoms with E-state index in [1.807, 2.05) is 24.3 Å². The maximum atomic E-state index is 9.46. The molecule has 0 heterocycles. The first-order valence-corrected chi connectivity index (χ1v) is 7.18. The number of terminal acetylenes is 1. The van der Waals surface area contributed by atoms with E-state index < -0.39 is 0 Å². The number of ether oxygens (including phenoxy) is 1. The molecule has 3 nitrogen and oxygen atoms in total. The molecule has 0 aliphatic carbocycles. The van der Waals surface area contributed by atoms with Crippen LogP contribution in [0.5, 0.6) is 5.75 Å². The van der Waals surface area contributed by atoms with E-state index in [0.29, 0.717) is 29.0 Å². The Morgan fingerprint density at radius 2 is 1.62 bits per heavy atom. The Morgan fingerprint density at radius 3 is 2.10 bits per heavy atom. The molecule has 2 aromatic carbocycles. The van der Waals surface area contributed by atoms with Crippen LogP contribution < -0.4 is 4.74 Å². The summed E-state index contributed by atoms with van der Waals surface area (Å²) in [6, 6.07) is 11.1. The van der Waals surface area contributed by atoms with Gasteiger partial charge in [0.25, 0.3) is 0 Å². The van der Waals surface area contributed by atoms with Crippen LogP contribution in [0.15, 0.2) is 40.9 Å². The van der Waals surface area contributed by atoms with E-state index in [-0.39, 0.29) is 13.2 Å². The maximum Gasteiger partial charge on any atom is 0.130 e. The lowest BCUT2D eigenvalue weighted by Crippen LogP contribution is -2.03. The summed E-state index contributed by atoms with van der Waals surface area (Å²) in [5.41, 5.74) is 2.75. The quantitative estimate of drug-likeness (QED) is 0.818. The van der Waals surface area contributed by atoms with Gasteiger partial charge in [-0.2, -0.15) is 0 Å². The summed E-state index contributed by atoms with van der Waals surface area (Å²) in [6.45, 7) is -0.0426. The van der Waals surface area contributed by atoms with Gasteiger partial charge in [-0.05, 0) is 29.8 Å². The molecule has 0 bridgehead atoms. The van der Waals surface area contributed by atoms with Gasteiger partial charge in [-0.3, -0.25) is 0 Å². The third kappa shape index (κ3) is 3.85. The molecule has 2 rings (SSSR count). The van der Waals surface area contributed by atoms with Crippen molar-refractivity contribution in [2.45, 2.75) is 19.8 Å². The third-order valence-electron chi connectivity index (χ3n) is 3.05. The minimum absolute atomic E-state index is 0.196. The van der Waals surface area contributed by atoms with Gasteiger partial charge in [0.15, 0.2) is 0 Å². The van der Waals surface area contributed by atoms with Gasteiger partial charge in [-0.15, -0.1) is 6.42 Å². The van der Waals surface area contributed by atoms with Crippen LogP contribution in [0.25, 0.3) is 0 Å². The molecule has 0 aromatic heterocycles. The molecule has 108 valence electrons. The fraction of sp³-hybridized carbons (Fsp3) is 0.176. The summed E-state index contributed by atoms with van der Waals surface area (Å²) in [5, 5.41) is 18.9. The Kier molecular flexibility index (Phi) is 5.40. The van der Waals surface area contributed by atoms with Crippen molar-refractivity contribution in [3.05, 3.63) is 63.1 Å². The van der Waals surface area contributed by atoms with Crippen LogP contribution in [0.2, 0.25) is 0 Å². The van der Waals surface area contributed by atoms with Gasteiger partial charge < -0.3 is 14.9 Å². The van der Waals surface area contributed by atoms with Crippen molar-refractivity contribution in [1.29, 1.82) is 0 Å². The molecule has 0 unspecified atom stereocenters. The molecule has 0 amide bonds. The Hall–Kier alpha value is -1.80. The van der Waals surface area contributed by atoms with Crippen LogP contribution >= 0.6 is 15.9 Å². The lowest BCUT2D eigenvalue weighted by atomic mass is 10.0. The van der Waals surface area contributed by atoms with Crippen LogP contribution in [0.3, 0.4) is 0 Å². The van der Waals surface area contributed by atoms with Crippen LogP contribution in [-0.4, -0.2) is 10.2 Å². The number of halogens is 1. The van der Waals surface area contributed by atoms with Crippen molar-refractivity contribution in [1.82, 2.24) is 0 Å². The number of hydrogen-bond acceptors (Lipinski definition) is 3. The monoisotopic (exact) mass is 346 g/mol. The lowest BCUT2D eigenvalue weighted by Gasteiger charge is -2.15. The average Bonchev–Trinajstić information content (AvgIpc) is 2.53. The van der Waals surface area contributed by atoms with Crippen molar-refractivity contribution in [2.75, 3.05) is 0 Å². The number of aliphatic hydroxyl groups excluding tert-OH is 2. The smallest absolute Gasteiger partial charge is 0.130 e. The van der Waals surface area contributed by atoms with Crippen LogP contribution in [0.4, 0.5) is 0 Å². The second-order valence-corrected chi connectivity index (χ2v) is 5.42. The molecule has 2 N–H and O–H groups in total. The van der Waals surface area contributed by atoms with Crippen molar-refractivity contribution in [3.63, 3.8) is 0 Å². The lowest BCUT2D eigenvalue weighted by molar-refractivity contribution is 0.242. The summed E-state index contributed by atoms with van der Waals surface area (Å²) < 4.78 is 6.77. The SMILES string of the molecule is C#Cc1cc(CO)c(OCc2ccc(Br)cc2)c(CO)c1. The van der Waals surface area contributed by atoms with Crippen LogP contribution in [-0.2, 0) is 19.8 Å². The van der Waals surface area contributed by atoms with Crippen molar-refractivity contribution >= 4 is 15.9 Å². The molecule has 0 radical (unpaired) electrons. The predicted octanol–water partition coefficient (Wildman–Crippen LogP) is 2.99. The van der Waals surface area contributed by atoms with Gasteiger partial charge in [0, 0.05) is 21.2 Å². The first-order chi connectivity index (χ1) is 10.2. The van der Waals surface area contributed by atoms with E-state index in [1.54, 1.807) is 12.1 Å². The molecule has 4 heteroatoms. The normalized spacial score (nSPS) is 10.2. The molecular weight excluding hydrogens is 332 g/mol. The second kappa shape index (κ2) is 7.28. The highest BCUT2D eigenvalue weighted by molar-refractivity contribution is 9.10. The molecule has 0 fully saturated rings. The summed E-state index contributed by atoms with van der Waals surface area (Å²) in [5.74, 6) is 2.99. The molecule has 0 saturated heterocycles. The highest BCUT2D eigenvalue weighted by atomic mass is 79.9. The van der Waals surface area contributed by atoms with Crippen molar-refractivity contribution in [2.24, 2.45) is 0 Å². The Morgan fingerprint density at radius 1 is 1.05 bits per heavy atom. The topological polar surface area (TPSA) is 49.7 Å². The largest absolute Gasteiger partial charge is 0.488 e. The molecule has 0 aliphatic heterocycles. The summed E-state index contributed by atoms with van der Waals surface area (Å²) in [4.78, 5) is 0. The second-order valence-electron chi connectivity index (χ2n) is 4.50. The summed E-state index contributed by atoms with van der Waals surface area (Å²) in [6.07, 6.45) is 5.37. The highest BCUT2D eigenvalue weighted by Crippen LogP contribution is 2.27. The first-order valence-electron chi connectivity index (χ1n) is 6.39. The van der Waals surface area contributed by atoms with E-state index in [2.05, 4.69) is 21.9 Å². The molecule has 0 saturated carbocycles. The van der Waals surface area contributed by atoms with Gasteiger partial charge in [0.2, 0.25) is 0 Å². The maximum absolute atomic E-state index is 9.46. The standard InChI is InChI=1S/C17H15BrO3/c1-2-12-7-14(9-19)17(15(8-12)10-20)21-11-13-3-5-16(18)6-4-13/h1,3-8,19-20H,9-11H2. The molecule has 0 spiro atoms. The molecule has 0 aliphatic rings. The molecule has 0 atom stereocenters. The van der Waals surface area contributed by atoms with Gasteiger partial charge in [0.05, 0.1) is 13.2 Å². The number of benzene rings is 2. The summed E-state index contributed by atoms with van der Waals surface area (Å²) >= 11 is 3.38. The predicted molar refractivity (Wildman–Crippen MR) is 84.7 cm³/mol. The third-order valence-corrected chi connectivity index (χ3v) is 3.58. The Bertz CT molecular complexity index is 632. The van der Waals surface area contributed by atoms with Crippen LogP contribution in [0.1, 0.15) is 22.3 Å². The van der Waals surface area contributed by atoms with E-state index in [1.165, 1.54) is 0 Å². The van der Waals surface area contributed by atoms with E-state index in [4.69, 9.17) is 11.2 Å². The Labute approximate surface area is 132 Å². The van der Waals surface area contributed by atoms with Gasteiger partial charge >= 0.3 is 0 Å². The van der Waals surface area contributed by atoms with Gasteiger partial charge in [-0.1, -0.05) is 34.0 Å². The minimum Gasteiger partial charge on any atom is -0.488 e. The summed E-state index contributed by atoms with van der Waals surface area (Å²) in [7, 11) is 0. The zero-order valence-corrected chi connectivity index (χ0v) is 12.9. The van der Waals surface area contributed by atoms with Gasteiger partial charge in [-0.25, -0.2) is 0 Å². The van der Waals surface area contributed by atoms with E-state index in [9.17, 15) is 10.2 Å². The number of hydrogen-bond donors (Lipinski definition) is 2. The Balaban J connectivity index is 2.26. The fourth-order valence-corrected chi connectivity index (χ4v) is 2.26. The average molecular weight is 347 g/mol. The molecule has 2 aromatic rings. The minimum atomic E-state index is -0.196.